The molecule has 3 aliphatic rings. The lowest BCUT2D eigenvalue weighted by Crippen LogP contribution is -2.52. The number of thiocarbonyl (C=S) groups is 1. The van der Waals surface area contributed by atoms with E-state index in [9.17, 15) is 31.5 Å². The van der Waals surface area contributed by atoms with E-state index in [1.54, 1.807) is 39.5 Å². The number of halogens is 5. The van der Waals surface area contributed by atoms with Crippen molar-refractivity contribution in [1.82, 2.24) is 14.8 Å². The van der Waals surface area contributed by atoms with E-state index in [4.69, 9.17) is 27.0 Å². The molecule has 3 heterocycles. The average molecular weight is 660 g/mol. The normalized spacial score (nSPS) is 25.4. The minimum Gasteiger partial charge on any atom is -0.444 e. The molecule has 2 aliphatic heterocycles. The van der Waals surface area contributed by atoms with Gasteiger partial charge in [0.2, 0.25) is 0 Å². The Morgan fingerprint density at radius 3 is 2.36 bits per heavy atom. The molecule has 4 rings (SSSR count). The summed E-state index contributed by atoms with van der Waals surface area (Å²) in [7, 11) is 0. The van der Waals surface area contributed by atoms with Crippen molar-refractivity contribution in [2.24, 2.45) is 5.92 Å². The van der Waals surface area contributed by atoms with Gasteiger partial charge < -0.3 is 19.3 Å². The fourth-order valence-electron chi connectivity index (χ4n) is 6.20. The summed E-state index contributed by atoms with van der Waals surface area (Å²) in [6.07, 6.45) is -2.17. The third kappa shape index (κ3) is 7.48. The molecule has 1 aliphatic carbocycles. The summed E-state index contributed by atoms with van der Waals surface area (Å²) >= 11 is 5.61. The number of piperidine rings is 1. The molecule has 0 aromatic carbocycles. The van der Waals surface area contributed by atoms with Gasteiger partial charge in [-0.05, 0) is 91.4 Å². The standard InChI is InChI=1S/C30H38F5N5O4S/c1-27(2,3)44-26(42)38-12-10-18(29(31,32)17-38)11-13-43-21-8-6-19(7-9-21)40-25(45)39(24(41)28(40,4)5)20-14-22(30(33,34)35)23(15-36)37-16-20/h14,16,18-19,21H,6-13,17H2,1-5H3/t18?,19-,21-. The number of rotatable bonds is 6. The first-order valence-electron chi connectivity index (χ1n) is 14.9. The van der Waals surface area contributed by atoms with E-state index in [2.05, 4.69) is 4.98 Å². The largest absolute Gasteiger partial charge is 0.444 e. The van der Waals surface area contributed by atoms with Gasteiger partial charge in [-0.15, -0.1) is 0 Å². The van der Waals surface area contributed by atoms with E-state index in [1.165, 1.54) is 6.07 Å². The predicted molar refractivity (Wildman–Crippen MR) is 157 cm³/mol. The number of ether oxygens (including phenoxy) is 2. The summed E-state index contributed by atoms with van der Waals surface area (Å²) in [6.45, 7) is 7.96. The number of pyridine rings is 1. The van der Waals surface area contributed by atoms with Crippen molar-refractivity contribution >= 4 is 35.0 Å². The Morgan fingerprint density at radius 2 is 1.80 bits per heavy atom. The number of anilines is 1. The third-order valence-corrected chi connectivity index (χ3v) is 8.87. The molecule has 0 spiro atoms. The molecule has 0 N–H and O–H groups in total. The Balaban J connectivity index is 1.32. The molecule has 0 bridgehead atoms. The smallest absolute Gasteiger partial charge is 0.419 e. The summed E-state index contributed by atoms with van der Waals surface area (Å²) in [5.74, 6) is -4.51. The lowest BCUT2D eigenvalue weighted by atomic mass is 9.88. The summed E-state index contributed by atoms with van der Waals surface area (Å²) in [5, 5.41) is 9.12. The number of amides is 2. The Morgan fingerprint density at radius 1 is 1.16 bits per heavy atom. The second-order valence-electron chi connectivity index (χ2n) is 13.3. The van der Waals surface area contributed by atoms with Gasteiger partial charge in [0.1, 0.15) is 17.2 Å². The quantitative estimate of drug-likeness (QED) is 0.260. The highest BCUT2D eigenvalue weighted by atomic mass is 32.1. The molecule has 1 saturated carbocycles. The highest BCUT2D eigenvalue weighted by molar-refractivity contribution is 7.80. The van der Waals surface area contributed by atoms with E-state index < -0.39 is 59.0 Å². The van der Waals surface area contributed by atoms with Crippen LogP contribution in [0, 0.1) is 17.2 Å². The number of carbonyl (C=O) groups excluding carboxylic acids is 2. The van der Waals surface area contributed by atoms with Gasteiger partial charge in [-0.1, -0.05) is 0 Å². The van der Waals surface area contributed by atoms with E-state index in [-0.39, 0.29) is 48.9 Å². The van der Waals surface area contributed by atoms with Crippen molar-refractivity contribution in [3.05, 3.63) is 23.5 Å². The molecule has 248 valence electrons. The first-order chi connectivity index (χ1) is 20.8. The summed E-state index contributed by atoms with van der Waals surface area (Å²) in [6, 6.07) is 1.94. The maximum Gasteiger partial charge on any atom is 0.419 e. The molecule has 45 heavy (non-hydrogen) atoms. The zero-order valence-corrected chi connectivity index (χ0v) is 26.7. The Hall–Kier alpha value is -3.12. The molecular weight excluding hydrogens is 621 g/mol. The van der Waals surface area contributed by atoms with E-state index in [0.29, 0.717) is 31.7 Å². The van der Waals surface area contributed by atoms with Gasteiger partial charge in [0, 0.05) is 25.1 Å². The van der Waals surface area contributed by atoms with Crippen LogP contribution in [0.5, 0.6) is 0 Å². The molecule has 2 saturated heterocycles. The van der Waals surface area contributed by atoms with Crippen molar-refractivity contribution in [3.63, 3.8) is 0 Å². The monoisotopic (exact) mass is 659 g/mol. The number of hydrogen-bond donors (Lipinski definition) is 0. The van der Waals surface area contributed by atoms with Gasteiger partial charge in [-0.3, -0.25) is 9.69 Å². The van der Waals surface area contributed by atoms with E-state index in [0.717, 1.165) is 16.0 Å². The van der Waals surface area contributed by atoms with Crippen LogP contribution in [0.2, 0.25) is 0 Å². The van der Waals surface area contributed by atoms with Crippen LogP contribution >= 0.6 is 12.2 Å². The number of likely N-dealkylation sites (tertiary alicyclic amines) is 1. The van der Waals surface area contributed by atoms with Crippen molar-refractivity contribution in [3.8, 4) is 6.07 Å². The minimum absolute atomic E-state index is 0.0500. The van der Waals surface area contributed by atoms with Crippen LogP contribution in [-0.2, 0) is 20.4 Å². The lowest BCUT2D eigenvalue weighted by molar-refractivity contribution is -0.138. The van der Waals surface area contributed by atoms with Gasteiger partial charge in [0.15, 0.2) is 10.8 Å². The van der Waals surface area contributed by atoms with Gasteiger partial charge in [-0.25, -0.2) is 18.6 Å². The van der Waals surface area contributed by atoms with Crippen molar-refractivity contribution in [2.75, 3.05) is 24.6 Å². The molecule has 2 amide bonds. The molecule has 15 heteroatoms. The number of nitrogens with zero attached hydrogens (tertiary/aromatic N) is 5. The Labute approximate surface area is 264 Å². The Kier molecular flexibility index (Phi) is 9.72. The van der Waals surface area contributed by atoms with Gasteiger partial charge in [0.05, 0.1) is 30.1 Å². The second kappa shape index (κ2) is 12.6. The van der Waals surface area contributed by atoms with Crippen molar-refractivity contribution in [1.29, 1.82) is 5.26 Å². The fraction of sp³-hybridized carbons (Fsp3) is 0.700. The van der Waals surface area contributed by atoms with Crippen LogP contribution in [0.15, 0.2) is 12.3 Å². The number of nitriles is 1. The maximum absolute atomic E-state index is 14.9. The molecular formula is C30H38F5N5O4S. The maximum atomic E-state index is 14.9. The third-order valence-electron chi connectivity index (χ3n) is 8.50. The number of alkyl halides is 5. The van der Waals surface area contributed by atoms with Crippen LogP contribution in [0.3, 0.4) is 0 Å². The number of carbonyl (C=O) groups is 2. The molecule has 1 unspecified atom stereocenters. The highest BCUT2D eigenvalue weighted by Crippen LogP contribution is 2.41. The molecule has 0 radical (unpaired) electrons. The van der Waals surface area contributed by atoms with Crippen LogP contribution in [-0.4, -0.2) is 80.8 Å². The van der Waals surface area contributed by atoms with E-state index >= 15 is 0 Å². The average Bonchev–Trinajstić information content (AvgIpc) is 3.10. The van der Waals surface area contributed by atoms with Gasteiger partial charge in [-0.2, -0.15) is 18.4 Å². The van der Waals surface area contributed by atoms with Gasteiger partial charge >= 0.3 is 12.3 Å². The van der Waals surface area contributed by atoms with Crippen molar-refractivity contribution in [2.45, 2.75) is 109 Å². The first-order valence-corrected chi connectivity index (χ1v) is 15.3. The zero-order valence-electron chi connectivity index (χ0n) is 25.9. The van der Waals surface area contributed by atoms with E-state index in [1.807, 2.05) is 0 Å². The van der Waals surface area contributed by atoms with Crippen LogP contribution in [0.25, 0.3) is 0 Å². The number of hydrogen-bond acceptors (Lipinski definition) is 7. The summed E-state index contributed by atoms with van der Waals surface area (Å²) in [4.78, 5) is 33.1. The Bertz CT molecular complexity index is 1350. The van der Waals surface area contributed by atoms with Crippen LogP contribution in [0.4, 0.5) is 32.4 Å². The second-order valence-corrected chi connectivity index (χ2v) is 13.7. The van der Waals surface area contributed by atoms with Crippen LogP contribution in [0.1, 0.15) is 84.4 Å². The fourth-order valence-corrected chi connectivity index (χ4v) is 6.77. The molecule has 3 fully saturated rings. The summed E-state index contributed by atoms with van der Waals surface area (Å²) < 4.78 is 81.7. The molecule has 1 aromatic rings. The topological polar surface area (TPSA) is 99.0 Å². The highest BCUT2D eigenvalue weighted by Gasteiger charge is 2.53. The zero-order chi connectivity index (χ0) is 33.5. The van der Waals surface area contributed by atoms with Gasteiger partial charge in [0.25, 0.3) is 11.8 Å². The van der Waals surface area contributed by atoms with Crippen molar-refractivity contribution < 1.29 is 41.0 Å². The summed E-state index contributed by atoms with van der Waals surface area (Å²) in [5.41, 5.74) is -4.14. The lowest BCUT2D eigenvalue weighted by Gasteiger charge is -2.41. The SMILES string of the molecule is CC(C)(C)OC(=O)N1CCC(CCO[C@H]2CC[C@H](N3C(=S)N(c4cnc(C#N)c(C(F)(F)F)c4)C(=O)C3(C)C)CC2)C(F)(F)C1. The number of aromatic nitrogens is 1. The molecule has 1 atom stereocenters. The molecule has 1 aromatic heterocycles. The molecule has 9 nitrogen and oxygen atoms in total. The first kappa shape index (κ1) is 34.7. The minimum atomic E-state index is -4.85. The van der Waals surface area contributed by atoms with Crippen LogP contribution < -0.4 is 4.90 Å². The predicted octanol–water partition coefficient (Wildman–Crippen LogP) is 6.29.